The van der Waals surface area contributed by atoms with Gasteiger partial charge in [-0.05, 0) is 43.7 Å². The van der Waals surface area contributed by atoms with Gasteiger partial charge in [0.05, 0.1) is 6.42 Å². The van der Waals surface area contributed by atoms with Crippen molar-refractivity contribution in [2.75, 3.05) is 0 Å². The molecule has 0 saturated carbocycles. The van der Waals surface area contributed by atoms with Crippen LogP contribution in [0.25, 0.3) is 22.6 Å². The lowest BCUT2D eigenvalue weighted by Gasteiger charge is -1.96. The molecule has 120 valence electrons. The lowest BCUT2D eigenvalue weighted by atomic mass is 10.1. The maximum Gasteiger partial charge on any atom is 0.238 e. The number of benzene rings is 2. The Morgan fingerprint density at radius 2 is 1.83 bits per heavy atom. The quantitative estimate of drug-likeness (QED) is 0.505. The van der Waals surface area contributed by atoms with Crippen LogP contribution in [0.4, 0.5) is 0 Å². The standard InChI is InChI=1S/C19H15ClN2O2/c1-11-3-8-16-15(9-11)12(2)18(23-16)19-21-17(24-22-19)10-13-4-6-14(20)7-5-13/h3-9H,10H2,1-2H3. The molecular weight excluding hydrogens is 324 g/mol. The predicted octanol–water partition coefficient (Wildman–Crippen LogP) is 5.34. The summed E-state index contributed by atoms with van der Waals surface area (Å²) >= 11 is 5.90. The minimum absolute atomic E-state index is 0.477. The van der Waals surface area contributed by atoms with Crippen LogP contribution in [0.15, 0.2) is 51.4 Å². The molecule has 0 bridgehead atoms. The van der Waals surface area contributed by atoms with Crippen LogP contribution in [0, 0.1) is 13.8 Å². The third-order valence-electron chi connectivity index (χ3n) is 4.03. The highest BCUT2D eigenvalue weighted by molar-refractivity contribution is 6.30. The molecular formula is C19H15ClN2O2. The fraction of sp³-hybridized carbons (Fsp3) is 0.158. The molecule has 4 rings (SSSR count). The Hall–Kier alpha value is -2.59. The lowest BCUT2D eigenvalue weighted by Crippen LogP contribution is -1.88. The molecule has 0 amide bonds. The smallest absolute Gasteiger partial charge is 0.238 e. The van der Waals surface area contributed by atoms with E-state index in [1.165, 1.54) is 5.56 Å². The molecule has 0 atom stereocenters. The van der Waals surface area contributed by atoms with E-state index in [0.717, 1.165) is 22.1 Å². The van der Waals surface area contributed by atoms with Gasteiger partial charge in [-0.3, -0.25) is 0 Å². The van der Waals surface area contributed by atoms with E-state index in [4.69, 9.17) is 20.5 Å². The topological polar surface area (TPSA) is 52.1 Å². The van der Waals surface area contributed by atoms with Crippen molar-refractivity contribution in [1.29, 1.82) is 0 Å². The summed E-state index contributed by atoms with van der Waals surface area (Å²) in [5, 5.41) is 5.86. The first-order chi connectivity index (χ1) is 11.6. The van der Waals surface area contributed by atoms with Crippen LogP contribution in [-0.2, 0) is 6.42 Å². The van der Waals surface area contributed by atoms with E-state index in [-0.39, 0.29) is 0 Å². The fourth-order valence-electron chi connectivity index (χ4n) is 2.74. The molecule has 24 heavy (non-hydrogen) atoms. The molecule has 0 saturated heterocycles. The summed E-state index contributed by atoms with van der Waals surface area (Å²) in [6, 6.07) is 13.7. The predicted molar refractivity (Wildman–Crippen MR) is 93.2 cm³/mol. The second-order valence-corrected chi connectivity index (χ2v) is 6.31. The summed E-state index contributed by atoms with van der Waals surface area (Å²) in [6.07, 6.45) is 0.558. The number of aryl methyl sites for hydroxylation is 2. The van der Waals surface area contributed by atoms with Crippen molar-refractivity contribution in [3.8, 4) is 11.6 Å². The second kappa shape index (κ2) is 5.80. The normalized spacial score (nSPS) is 11.3. The zero-order valence-corrected chi connectivity index (χ0v) is 14.1. The number of rotatable bonds is 3. The molecule has 0 spiro atoms. The summed E-state index contributed by atoms with van der Waals surface area (Å²) in [7, 11) is 0. The number of nitrogens with zero attached hydrogens (tertiary/aromatic N) is 2. The molecule has 0 radical (unpaired) electrons. The van der Waals surface area contributed by atoms with Crippen molar-refractivity contribution < 1.29 is 8.94 Å². The maximum absolute atomic E-state index is 5.92. The second-order valence-electron chi connectivity index (χ2n) is 5.87. The van der Waals surface area contributed by atoms with E-state index in [9.17, 15) is 0 Å². The van der Waals surface area contributed by atoms with Crippen LogP contribution < -0.4 is 0 Å². The number of hydrogen-bond donors (Lipinski definition) is 0. The van der Waals surface area contributed by atoms with Gasteiger partial charge in [0.25, 0.3) is 0 Å². The van der Waals surface area contributed by atoms with Crippen molar-refractivity contribution in [1.82, 2.24) is 10.1 Å². The van der Waals surface area contributed by atoms with Gasteiger partial charge in [0, 0.05) is 16.0 Å². The average molecular weight is 339 g/mol. The van der Waals surface area contributed by atoms with E-state index in [1.54, 1.807) is 0 Å². The molecule has 0 aliphatic heterocycles. The largest absolute Gasteiger partial charge is 0.452 e. The molecule has 4 nitrogen and oxygen atoms in total. The molecule has 0 aliphatic carbocycles. The average Bonchev–Trinajstić information content (AvgIpc) is 3.15. The zero-order chi connectivity index (χ0) is 16.7. The SMILES string of the molecule is Cc1ccc2oc(-c3noc(Cc4ccc(Cl)cc4)n3)c(C)c2c1. The molecule has 0 unspecified atom stereocenters. The van der Waals surface area contributed by atoms with Gasteiger partial charge in [-0.1, -0.05) is 40.5 Å². The number of aromatic nitrogens is 2. The highest BCUT2D eigenvalue weighted by atomic mass is 35.5. The Balaban J connectivity index is 1.67. The van der Waals surface area contributed by atoms with Crippen molar-refractivity contribution in [3.05, 3.63) is 70.1 Å². The Labute approximate surface area is 144 Å². The third-order valence-corrected chi connectivity index (χ3v) is 4.28. The monoisotopic (exact) mass is 338 g/mol. The highest BCUT2D eigenvalue weighted by Crippen LogP contribution is 2.32. The van der Waals surface area contributed by atoms with Gasteiger partial charge in [0.1, 0.15) is 5.58 Å². The van der Waals surface area contributed by atoms with Gasteiger partial charge in [-0.15, -0.1) is 0 Å². The van der Waals surface area contributed by atoms with Crippen LogP contribution in [0.1, 0.15) is 22.6 Å². The van der Waals surface area contributed by atoms with Crippen molar-refractivity contribution in [2.45, 2.75) is 20.3 Å². The first kappa shape index (κ1) is 15.0. The van der Waals surface area contributed by atoms with Crippen LogP contribution >= 0.6 is 11.6 Å². The van der Waals surface area contributed by atoms with Gasteiger partial charge >= 0.3 is 0 Å². The molecule has 2 heterocycles. The number of furan rings is 1. The minimum atomic E-state index is 0.477. The Bertz CT molecular complexity index is 1020. The van der Waals surface area contributed by atoms with Crippen LogP contribution in [0.5, 0.6) is 0 Å². The maximum atomic E-state index is 5.92. The molecule has 0 fully saturated rings. The first-order valence-electron chi connectivity index (χ1n) is 7.67. The van der Waals surface area contributed by atoms with Gasteiger partial charge in [0.15, 0.2) is 5.76 Å². The molecule has 0 N–H and O–H groups in total. The summed E-state index contributed by atoms with van der Waals surface area (Å²) < 4.78 is 11.3. The summed E-state index contributed by atoms with van der Waals surface area (Å²) in [6.45, 7) is 4.07. The molecule has 0 aliphatic rings. The van der Waals surface area contributed by atoms with Gasteiger partial charge in [0.2, 0.25) is 11.7 Å². The highest BCUT2D eigenvalue weighted by Gasteiger charge is 2.18. The number of halogens is 1. The van der Waals surface area contributed by atoms with Gasteiger partial charge in [-0.2, -0.15) is 4.98 Å². The first-order valence-corrected chi connectivity index (χ1v) is 8.05. The Kier molecular flexibility index (Phi) is 3.62. The molecule has 2 aromatic heterocycles. The molecule has 4 aromatic rings. The van der Waals surface area contributed by atoms with Gasteiger partial charge in [-0.25, -0.2) is 0 Å². The lowest BCUT2D eigenvalue weighted by molar-refractivity contribution is 0.384. The Morgan fingerprint density at radius 1 is 1.04 bits per heavy atom. The van der Waals surface area contributed by atoms with E-state index in [1.807, 2.05) is 43.3 Å². The zero-order valence-electron chi connectivity index (χ0n) is 13.3. The fourth-order valence-corrected chi connectivity index (χ4v) is 2.87. The summed E-state index contributed by atoms with van der Waals surface area (Å²) in [4.78, 5) is 4.47. The molecule has 5 heteroatoms. The van der Waals surface area contributed by atoms with Crippen LogP contribution in [0.2, 0.25) is 5.02 Å². The minimum Gasteiger partial charge on any atom is -0.452 e. The number of hydrogen-bond acceptors (Lipinski definition) is 4. The number of fused-ring (bicyclic) bond motifs is 1. The van der Waals surface area contributed by atoms with E-state index >= 15 is 0 Å². The van der Waals surface area contributed by atoms with Crippen LogP contribution in [-0.4, -0.2) is 10.1 Å². The van der Waals surface area contributed by atoms with Crippen molar-refractivity contribution in [3.63, 3.8) is 0 Å². The van der Waals surface area contributed by atoms with Crippen molar-refractivity contribution in [2.24, 2.45) is 0 Å². The van der Waals surface area contributed by atoms with E-state index < -0.39 is 0 Å². The molecule has 2 aromatic carbocycles. The third kappa shape index (κ3) is 2.69. The van der Waals surface area contributed by atoms with Crippen LogP contribution in [0.3, 0.4) is 0 Å². The summed E-state index contributed by atoms with van der Waals surface area (Å²) in [5.41, 5.74) is 4.10. The van der Waals surface area contributed by atoms with Gasteiger partial charge < -0.3 is 8.94 Å². The van der Waals surface area contributed by atoms with Crippen molar-refractivity contribution >= 4 is 22.6 Å². The van der Waals surface area contributed by atoms with E-state index in [0.29, 0.717) is 28.9 Å². The van der Waals surface area contributed by atoms with E-state index in [2.05, 4.69) is 23.1 Å². The Morgan fingerprint density at radius 3 is 2.62 bits per heavy atom. The summed E-state index contributed by atoms with van der Waals surface area (Å²) in [5.74, 6) is 1.68.